The monoisotopic (exact) mass is 305 g/mol. The maximum absolute atomic E-state index is 12.3. The maximum Gasteiger partial charge on any atom is 0.228 e. The van der Waals surface area contributed by atoms with E-state index in [1.807, 2.05) is 0 Å². The van der Waals surface area contributed by atoms with E-state index in [1.165, 1.54) is 6.92 Å². The number of hydrogen-bond acceptors (Lipinski definition) is 1. The summed E-state index contributed by atoms with van der Waals surface area (Å²) < 4.78 is 1.55. The smallest absolute Gasteiger partial charge is 0.228 e. The van der Waals surface area contributed by atoms with Crippen molar-refractivity contribution in [3.63, 3.8) is 0 Å². The summed E-state index contributed by atoms with van der Waals surface area (Å²) in [5.41, 5.74) is 3.64. The van der Waals surface area contributed by atoms with Gasteiger partial charge >= 0.3 is 0 Å². The average molecular weight is 305 g/mol. The number of carbonyl (C=O) groups is 1. The minimum atomic E-state index is -0.177. The van der Waals surface area contributed by atoms with E-state index in [9.17, 15) is 4.79 Å². The van der Waals surface area contributed by atoms with E-state index in [0.717, 1.165) is 10.8 Å². The van der Waals surface area contributed by atoms with Crippen LogP contribution in [0.3, 0.4) is 0 Å². The van der Waals surface area contributed by atoms with E-state index in [4.69, 9.17) is 25.7 Å². The fourth-order valence-corrected chi connectivity index (χ4v) is 3.00. The number of terminal acetylenes is 4. The van der Waals surface area contributed by atoms with Crippen molar-refractivity contribution in [2.75, 3.05) is 0 Å². The Morgan fingerprint density at radius 2 is 1.21 bits per heavy atom. The van der Waals surface area contributed by atoms with Crippen LogP contribution < -0.4 is 0 Å². The van der Waals surface area contributed by atoms with Gasteiger partial charge in [-0.05, 0) is 24.3 Å². The van der Waals surface area contributed by atoms with Crippen LogP contribution in [0.4, 0.5) is 0 Å². The predicted molar refractivity (Wildman–Crippen MR) is 97.5 cm³/mol. The number of aromatic nitrogens is 1. The fraction of sp³-hybridized carbons (Fsp3) is 0.0455. The molecule has 2 nitrogen and oxygen atoms in total. The summed E-state index contributed by atoms with van der Waals surface area (Å²) in [4.78, 5) is 12.3. The van der Waals surface area contributed by atoms with Crippen molar-refractivity contribution in [3.05, 3.63) is 46.5 Å². The van der Waals surface area contributed by atoms with Crippen LogP contribution in [0, 0.1) is 49.4 Å². The molecule has 110 valence electrons. The van der Waals surface area contributed by atoms with Gasteiger partial charge in [0.1, 0.15) is 0 Å². The van der Waals surface area contributed by atoms with E-state index < -0.39 is 0 Å². The van der Waals surface area contributed by atoms with Crippen LogP contribution in [-0.4, -0.2) is 10.5 Å². The first-order valence-corrected chi connectivity index (χ1v) is 7.09. The fourth-order valence-electron chi connectivity index (χ4n) is 3.00. The molecule has 1 aromatic heterocycles. The first-order valence-electron chi connectivity index (χ1n) is 7.09. The van der Waals surface area contributed by atoms with Crippen molar-refractivity contribution in [1.29, 1.82) is 0 Å². The Kier molecular flexibility index (Phi) is 3.39. The van der Waals surface area contributed by atoms with Crippen molar-refractivity contribution in [1.82, 2.24) is 4.57 Å². The predicted octanol–water partition coefficient (Wildman–Crippen LogP) is 3.38. The first kappa shape index (κ1) is 15.1. The molecule has 3 rings (SSSR count). The molecule has 3 aromatic rings. The molecule has 0 unspecified atom stereocenters. The molecule has 2 heteroatoms. The molecule has 0 aliphatic heterocycles. The number of rotatable bonds is 0. The molecule has 0 amide bonds. The Balaban J connectivity index is 2.76. The minimum absolute atomic E-state index is 0.177. The summed E-state index contributed by atoms with van der Waals surface area (Å²) in [5, 5.41) is 1.47. The summed E-state index contributed by atoms with van der Waals surface area (Å²) in [6, 6.07) is 6.99. The second-order valence-electron chi connectivity index (χ2n) is 5.27. The Bertz CT molecular complexity index is 1120. The van der Waals surface area contributed by atoms with Crippen LogP contribution in [-0.2, 0) is 0 Å². The van der Waals surface area contributed by atoms with Gasteiger partial charge in [0.25, 0.3) is 0 Å². The van der Waals surface area contributed by atoms with Crippen molar-refractivity contribution in [3.8, 4) is 49.4 Å². The van der Waals surface area contributed by atoms with Gasteiger partial charge in [-0.2, -0.15) is 0 Å². The van der Waals surface area contributed by atoms with Crippen molar-refractivity contribution in [2.24, 2.45) is 0 Å². The number of carbonyl (C=O) groups excluding carboxylic acids is 1. The standard InChI is InChI=1S/C22H11NO/c1-6-15-10-17(8-3)21-19(12-15)23(14(5)24)20-13-16(7-2)11-18(9-4)22(20)21/h1-4,10-13H,5H3. The maximum atomic E-state index is 12.3. The second-order valence-corrected chi connectivity index (χ2v) is 5.27. The van der Waals surface area contributed by atoms with E-state index in [0.29, 0.717) is 33.3 Å². The van der Waals surface area contributed by atoms with E-state index in [2.05, 4.69) is 23.7 Å². The zero-order valence-electron chi connectivity index (χ0n) is 13.0. The lowest BCUT2D eigenvalue weighted by Crippen LogP contribution is -2.05. The number of nitrogens with zero attached hydrogens (tertiary/aromatic N) is 1. The third kappa shape index (κ3) is 1.96. The summed E-state index contributed by atoms with van der Waals surface area (Å²) in [6.07, 6.45) is 22.4. The zero-order chi connectivity index (χ0) is 17.4. The normalized spacial score (nSPS) is 9.88. The summed E-state index contributed by atoms with van der Waals surface area (Å²) >= 11 is 0. The highest BCUT2D eigenvalue weighted by atomic mass is 16.1. The molecule has 0 saturated carbocycles. The van der Waals surface area contributed by atoms with Crippen LogP contribution in [0.15, 0.2) is 24.3 Å². The summed E-state index contributed by atoms with van der Waals surface area (Å²) in [7, 11) is 0. The first-order chi connectivity index (χ1) is 11.5. The third-order valence-electron chi connectivity index (χ3n) is 3.93. The molecule has 1 heterocycles. The Labute approximate surface area is 140 Å². The lowest BCUT2D eigenvalue weighted by molar-refractivity contribution is 0.0946. The molecule has 0 spiro atoms. The van der Waals surface area contributed by atoms with Crippen molar-refractivity contribution < 1.29 is 4.79 Å². The van der Waals surface area contributed by atoms with Gasteiger partial charge in [-0.25, -0.2) is 0 Å². The molecule has 24 heavy (non-hydrogen) atoms. The molecule has 0 fully saturated rings. The molecular formula is C22H11NO. The quantitative estimate of drug-likeness (QED) is 0.584. The lowest BCUT2D eigenvalue weighted by atomic mass is 9.99. The molecule has 0 N–H and O–H groups in total. The summed E-state index contributed by atoms with van der Waals surface area (Å²) in [5.74, 6) is 10.2. The van der Waals surface area contributed by atoms with Crippen LogP contribution in [0.1, 0.15) is 34.0 Å². The molecule has 0 atom stereocenters. The van der Waals surface area contributed by atoms with Crippen LogP contribution >= 0.6 is 0 Å². The van der Waals surface area contributed by atoms with Crippen molar-refractivity contribution >= 4 is 27.7 Å². The van der Waals surface area contributed by atoms with Gasteiger partial charge < -0.3 is 0 Å². The van der Waals surface area contributed by atoms with E-state index in [1.54, 1.807) is 28.8 Å². The highest BCUT2D eigenvalue weighted by molar-refractivity contribution is 6.17. The molecule has 0 radical (unpaired) electrons. The molecule has 0 saturated heterocycles. The topological polar surface area (TPSA) is 22.0 Å². The Morgan fingerprint density at radius 3 is 1.50 bits per heavy atom. The number of hydrogen-bond donors (Lipinski definition) is 0. The molecule has 0 aliphatic rings. The van der Waals surface area contributed by atoms with Gasteiger partial charge in [-0.15, -0.1) is 25.7 Å². The SMILES string of the molecule is C#Cc1cc(C#C)c2c3c(C#C)cc(C#C)cc3n(C(C)=O)c2c1. The van der Waals surface area contributed by atoms with Gasteiger partial charge in [0, 0.05) is 39.9 Å². The number of benzene rings is 2. The largest absolute Gasteiger partial charge is 0.280 e. The summed E-state index contributed by atoms with van der Waals surface area (Å²) in [6.45, 7) is 1.47. The van der Waals surface area contributed by atoms with Gasteiger partial charge in [0.2, 0.25) is 5.91 Å². The van der Waals surface area contributed by atoms with Gasteiger partial charge in [0.05, 0.1) is 11.0 Å². The van der Waals surface area contributed by atoms with E-state index in [-0.39, 0.29) is 5.91 Å². The van der Waals surface area contributed by atoms with Crippen molar-refractivity contribution in [2.45, 2.75) is 6.92 Å². The minimum Gasteiger partial charge on any atom is -0.280 e. The van der Waals surface area contributed by atoms with Gasteiger partial charge in [-0.3, -0.25) is 9.36 Å². The molecule has 2 aromatic carbocycles. The highest BCUT2D eigenvalue weighted by Gasteiger charge is 2.19. The Morgan fingerprint density at radius 1 is 0.792 bits per heavy atom. The number of fused-ring (bicyclic) bond motifs is 3. The van der Waals surface area contributed by atoms with E-state index >= 15 is 0 Å². The van der Waals surface area contributed by atoms with Gasteiger partial charge in [-0.1, -0.05) is 23.7 Å². The molecular weight excluding hydrogens is 294 g/mol. The zero-order valence-corrected chi connectivity index (χ0v) is 13.0. The van der Waals surface area contributed by atoms with Gasteiger partial charge in [0.15, 0.2) is 0 Å². The Hall–Kier alpha value is -3.85. The third-order valence-corrected chi connectivity index (χ3v) is 3.93. The van der Waals surface area contributed by atoms with Crippen LogP contribution in [0.2, 0.25) is 0 Å². The second kappa shape index (κ2) is 5.41. The highest BCUT2D eigenvalue weighted by Crippen LogP contribution is 2.35. The molecule has 0 aliphatic carbocycles. The lowest BCUT2D eigenvalue weighted by Gasteiger charge is -2.03. The van der Waals surface area contributed by atoms with Crippen LogP contribution in [0.25, 0.3) is 21.8 Å². The van der Waals surface area contributed by atoms with Crippen LogP contribution in [0.5, 0.6) is 0 Å². The average Bonchev–Trinajstić information content (AvgIpc) is 2.93. The molecule has 0 bridgehead atoms.